The lowest BCUT2D eigenvalue weighted by molar-refractivity contribution is 0.104. The topological polar surface area (TPSA) is 72.2 Å². The maximum atomic E-state index is 9.97. The largest absolute Gasteiger partial charge is 0.491 e. The van der Waals surface area contributed by atoms with Gasteiger partial charge in [-0.2, -0.15) is 0 Å². The second-order valence-corrected chi connectivity index (χ2v) is 5.21. The van der Waals surface area contributed by atoms with Crippen molar-refractivity contribution < 1.29 is 9.84 Å². The van der Waals surface area contributed by atoms with Crippen molar-refractivity contribution in [2.45, 2.75) is 26.0 Å². The van der Waals surface area contributed by atoms with Crippen LogP contribution in [0.5, 0.6) is 5.75 Å². The Morgan fingerprint density at radius 1 is 1.43 bits per heavy atom. The van der Waals surface area contributed by atoms with Gasteiger partial charge in [-0.1, -0.05) is 12.1 Å². The average molecular weight is 290 g/mol. The molecular formula is C15H22N4O2. The molecule has 1 aromatic carbocycles. The Labute approximate surface area is 124 Å². The third-order valence-corrected chi connectivity index (χ3v) is 3.23. The van der Waals surface area contributed by atoms with Crippen LogP contribution < -0.4 is 10.1 Å². The van der Waals surface area contributed by atoms with Crippen molar-refractivity contribution in [2.24, 2.45) is 7.05 Å². The van der Waals surface area contributed by atoms with E-state index in [0.717, 1.165) is 17.1 Å². The smallest absolute Gasteiger partial charge is 0.149 e. The molecule has 0 bridgehead atoms. The van der Waals surface area contributed by atoms with Gasteiger partial charge in [-0.15, -0.1) is 10.2 Å². The number of ether oxygens (including phenoxy) is 1. The van der Waals surface area contributed by atoms with Crippen molar-refractivity contribution in [1.82, 2.24) is 20.1 Å². The van der Waals surface area contributed by atoms with E-state index in [-0.39, 0.29) is 12.6 Å². The number of aryl methyl sites for hydroxylation is 2. The van der Waals surface area contributed by atoms with Crippen LogP contribution in [-0.4, -0.2) is 39.1 Å². The van der Waals surface area contributed by atoms with Gasteiger partial charge in [0.2, 0.25) is 0 Å². The van der Waals surface area contributed by atoms with Gasteiger partial charge in [0.15, 0.2) is 0 Å². The molecule has 114 valence electrons. The summed E-state index contributed by atoms with van der Waals surface area (Å²) in [6.07, 6.45) is 1.08. The molecule has 21 heavy (non-hydrogen) atoms. The lowest BCUT2D eigenvalue weighted by Gasteiger charge is -2.17. The number of benzene rings is 1. The zero-order chi connectivity index (χ0) is 15.2. The first kappa shape index (κ1) is 15.5. The van der Waals surface area contributed by atoms with Crippen LogP contribution in [0.4, 0.5) is 0 Å². The maximum absolute atomic E-state index is 9.97. The first-order chi connectivity index (χ1) is 10.1. The molecule has 0 spiro atoms. The number of nitrogens with zero attached hydrogens (tertiary/aromatic N) is 3. The zero-order valence-electron chi connectivity index (χ0n) is 12.7. The minimum atomic E-state index is -0.582. The molecule has 0 aliphatic rings. The first-order valence-corrected chi connectivity index (χ1v) is 7.01. The summed E-state index contributed by atoms with van der Waals surface area (Å²) in [5.74, 6) is 1.61. The highest BCUT2D eigenvalue weighted by molar-refractivity contribution is 5.27. The van der Waals surface area contributed by atoms with Gasteiger partial charge in [0.1, 0.15) is 30.6 Å². The molecule has 0 amide bonds. The quantitative estimate of drug-likeness (QED) is 0.802. The van der Waals surface area contributed by atoms with Crippen LogP contribution in [0, 0.1) is 6.92 Å². The Hall–Kier alpha value is -1.92. The normalized spacial score (nSPS) is 13.9. The van der Waals surface area contributed by atoms with E-state index >= 15 is 0 Å². The van der Waals surface area contributed by atoms with E-state index in [9.17, 15) is 5.11 Å². The fourth-order valence-electron chi connectivity index (χ4n) is 2.04. The standard InChI is InChI=1S/C15H22N4O2/c1-11-5-4-6-14(7-11)21-9-13(20)8-16-12(2)15-18-17-10-19(15)3/h4-7,10,12-13,16,20H,8-9H2,1-3H3. The van der Waals surface area contributed by atoms with Crippen molar-refractivity contribution in [2.75, 3.05) is 13.2 Å². The summed E-state index contributed by atoms with van der Waals surface area (Å²) in [7, 11) is 1.89. The predicted octanol–water partition coefficient (Wildman–Crippen LogP) is 1.21. The number of hydrogen-bond donors (Lipinski definition) is 2. The minimum Gasteiger partial charge on any atom is -0.491 e. The second-order valence-electron chi connectivity index (χ2n) is 5.21. The molecule has 0 radical (unpaired) electrons. The van der Waals surface area contributed by atoms with Crippen LogP contribution in [0.15, 0.2) is 30.6 Å². The summed E-state index contributed by atoms with van der Waals surface area (Å²) in [6, 6.07) is 7.79. The molecule has 2 rings (SSSR count). The molecule has 6 nitrogen and oxygen atoms in total. The minimum absolute atomic E-state index is 0.0196. The number of aliphatic hydroxyl groups excluding tert-OH is 1. The molecule has 1 heterocycles. The lowest BCUT2D eigenvalue weighted by atomic mass is 10.2. The van der Waals surface area contributed by atoms with Crippen molar-refractivity contribution in [3.8, 4) is 5.75 Å². The number of aromatic nitrogens is 3. The average Bonchev–Trinajstić information content (AvgIpc) is 2.89. The van der Waals surface area contributed by atoms with Crippen molar-refractivity contribution in [3.05, 3.63) is 42.0 Å². The monoisotopic (exact) mass is 290 g/mol. The summed E-state index contributed by atoms with van der Waals surface area (Å²) < 4.78 is 7.43. The zero-order valence-corrected chi connectivity index (χ0v) is 12.7. The van der Waals surface area contributed by atoms with E-state index in [1.807, 2.05) is 49.7 Å². The SMILES string of the molecule is Cc1cccc(OCC(O)CNC(C)c2nncn2C)c1. The van der Waals surface area contributed by atoms with Crippen LogP contribution in [0.2, 0.25) is 0 Å². The third kappa shape index (κ3) is 4.54. The van der Waals surface area contributed by atoms with E-state index in [0.29, 0.717) is 6.54 Å². The van der Waals surface area contributed by atoms with Gasteiger partial charge in [0.05, 0.1) is 6.04 Å². The molecule has 0 fully saturated rings. The van der Waals surface area contributed by atoms with E-state index < -0.39 is 6.10 Å². The Morgan fingerprint density at radius 3 is 2.90 bits per heavy atom. The third-order valence-electron chi connectivity index (χ3n) is 3.23. The Kier molecular flexibility index (Phi) is 5.30. The van der Waals surface area contributed by atoms with Crippen LogP contribution >= 0.6 is 0 Å². The summed E-state index contributed by atoms with van der Waals surface area (Å²) in [5.41, 5.74) is 1.14. The van der Waals surface area contributed by atoms with E-state index in [4.69, 9.17) is 4.74 Å². The van der Waals surface area contributed by atoms with Gasteiger partial charge < -0.3 is 19.7 Å². The highest BCUT2D eigenvalue weighted by Crippen LogP contribution is 2.12. The fraction of sp³-hybridized carbons (Fsp3) is 0.467. The fourth-order valence-corrected chi connectivity index (χ4v) is 2.04. The predicted molar refractivity (Wildman–Crippen MR) is 80.1 cm³/mol. The van der Waals surface area contributed by atoms with Crippen LogP contribution in [0.3, 0.4) is 0 Å². The molecule has 0 aliphatic carbocycles. The number of nitrogens with one attached hydrogen (secondary N) is 1. The molecule has 2 atom stereocenters. The van der Waals surface area contributed by atoms with Gasteiger partial charge in [-0.05, 0) is 31.5 Å². The Bertz CT molecular complexity index is 570. The number of rotatable bonds is 7. The molecule has 0 aliphatic heterocycles. The van der Waals surface area contributed by atoms with Gasteiger partial charge in [-0.25, -0.2) is 0 Å². The molecular weight excluding hydrogens is 268 g/mol. The van der Waals surface area contributed by atoms with E-state index in [1.54, 1.807) is 6.33 Å². The summed E-state index contributed by atoms with van der Waals surface area (Å²) in [6.45, 7) is 4.67. The van der Waals surface area contributed by atoms with Crippen molar-refractivity contribution in [3.63, 3.8) is 0 Å². The van der Waals surface area contributed by atoms with Crippen molar-refractivity contribution in [1.29, 1.82) is 0 Å². The van der Waals surface area contributed by atoms with Gasteiger partial charge in [0, 0.05) is 13.6 Å². The van der Waals surface area contributed by atoms with Crippen LogP contribution in [0.25, 0.3) is 0 Å². The molecule has 2 aromatic rings. The Balaban J connectivity index is 1.75. The highest BCUT2D eigenvalue weighted by atomic mass is 16.5. The van der Waals surface area contributed by atoms with Crippen molar-refractivity contribution >= 4 is 0 Å². The number of aliphatic hydroxyl groups is 1. The van der Waals surface area contributed by atoms with Crippen LogP contribution in [0.1, 0.15) is 24.4 Å². The van der Waals surface area contributed by atoms with E-state index in [1.165, 1.54) is 0 Å². The van der Waals surface area contributed by atoms with Gasteiger partial charge in [0.25, 0.3) is 0 Å². The maximum Gasteiger partial charge on any atom is 0.149 e. The molecule has 0 saturated heterocycles. The summed E-state index contributed by atoms with van der Waals surface area (Å²) >= 11 is 0. The summed E-state index contributed by atoms with van der Waals surface area (Å²) in [4.78, 5) is 0. The van der Waals surface area contributed by atoms with Crippen LogP contribution in [-0.2, 0) is 7.05 Å². The molecule has 6 heteroatoms. The lowest BCUT2D eigenvalue weighted by Crippen LogP contribution is -2.33. The number of hydrogen-bond acceptors (Lipinski definition) is 5. The Morgan fingerprint density at radius 2 is 2.24 bits per heavy atom. The second kappa shape index (κ2) is 7.19. The molecule has 1 aromatic heterocycles. The highest BCUT2D eigenvalue weighted by Gasteiger charge is 2.13. The first-order valence-electron chi connectivity index (χ1n) is 7.01. The van der Waals surface area contributed by atoms with Gasteiger partial charge in [-0.3, -0.25) is 0 Å². The molecule has 2 unspecified atom stereocenters. The summed E-state index contributed by atoms with van der Waals surface area (Å²) in [5, 5.41) is 21.1. The molecule has 2 N–H and O–H groups in total. The van der Waals surface area contributed by atoms with E-state index in [2.05, 4.69) is 15.5 Å². The van der Waals surface area contributed by atoms with Gasteiger partial charge >= 0.3 is 0 Å². The molecule has 0 saturated carbocycles.